The fourth-order valence-corrected chi connectivity index (χ4v) is 2.21. The van der Waals surface area contributed by atoms with Crippen molar-refractivity contribution in [2.24, 2.45) is 0 Å². The van der Waals surface area contributed by atoms with Crippen molar-refractivity contribution in [1.29, 1.82) is 0 Å². The summed E-state index contributed by atoms with van der Waals surface area (Å²) >= 11 is 1.43. The highest BCUT2D eigenvalue weighted by molar-refractivity contribution is 7.07. The number of rotatable bonds is 2. The molecule has 3 aromatic heterocycles. The van der Waals surface area contributed by atoms with Gasteiger partial charge in [0.1, 0.15) is 5.39 Å². The molecule has 3 heterocycles. The predicted octanol–water partition coefficient (Wildman–Crippen LogP) is 0.854. The van der Waals surface area contributed by atoms with E-state index in [1.165, 1.54) is 22.1 Å². The molecule has 0 N–H and O–H groups in total. The molecule has 3 aromatic rings. The molecule has 0 aliphatic heterocycles. The normalized spacial score (nSPS) is 10.9. The Kier molecular flexibility index (Phi) is 2.52. The highest BCUT2D eigenvalue weighted by atomic mass is 32.1. The van der Waals surface area contributed by atoms with Gasteiger partial charge in [-0.15, -0.1) is 11.3 Å². The van der Waals surface area contributed by atoms with Gasteiger partial charge in [0.15, 0.2) is 5.65 Å². The van der Waals surface area contributed by atoms with E-state index in [4.69, 9.17) is 0 Å². The summed E-state index contributed by atoms with van der Waals surface area (Å²) in [7, 11) is 0. The lowest BCUT2D eigenvalue weighted by Gasteiger charge is -2.04. The van der Waals surface area contributed by atoms with E-state index in [-0.39, 0.29) is 11.9 Å². The molecular formula is C11H7N3O3S. The van der Waals surface area contributed by atoms with E-state index in [2.05, 4.69) is 14.4 Å². The molecule has 0 spiro atoms. The van der Waals surface area contributed by atoms with Crippen molar-refractivity contribution in [3.05, 3.63) is 55.9 Å². The Hall–Kier alpha value is -2.28. The smallest absolute Gasteiger partial charge is 0.372 e. The lowest BCUT2D eigenvalue weighted by molar-refractivity contribution is 0.422. The Morgan fingerprint density at radius 3 is 3.00 bits per heavy atom. The zero-order chi connectivity index (χ0) is 12.5. The Morgan fingerprint density at radius 2 is 2.22 bits per heavy atom. The first kappa shape index (κ1) is 10.8. The highest BCUT2D eigenvalue weighted by Gasteiger charge is 2.10. The second-order valence-corrected chi connectivity index (χ2v) is 4.31. The van der Waals surface area contributed by atoms with Gasteiger partial charge in [0, 0.05) is 11.6 Å². The van der Waals surface area contributed by atoms with Gasteiger partial charge in [0.05, 0.1) is 17.7 Å². The van der Waals surface area contributed by atoms with Crippen LogP contribution in [-0.4, -0.2) is 14.5 Å². The Labute approximate surface area is 104 Å². The maximum absolute atomic E-state index is 11.7. The van der Waals surface area contributed by atoms with E-state index in [0.29, 0.717) is 5.65 Å². The van der Waals surface area contributed by atoms with Crippen LogP contribution in [-0.2, 0) is 6.54 Å². The summed E-state index contributed by atoms with van der Waals surface area (Å²) in [6.07, 6.45) is 1.53. The third kappa shape index (κ3) is 1.74. The van der Waals surface area contributed by atoms with Crippen molar-refractivity contribution < 1.29 is 4.42 Å². The molecule has 0 amide bonds. The van der Waals surface area contributed by atoms with Crippen molar-refractivity contribution in [2.45, 2.75) is 6.54 Å². The molecule has 0 radical (unpaired) electrons. The minimum atomic E-state index is -0.723. The molecule has 7 heteroatoms. The summed E-state index contributed by atoms with van der Waals surface area (Å²) in [5.41, 5.74) is 2.04. The first-order chi connectivity index (χ1) is 8.75. The molecule has 3 rings (SSSR count). The molecule has 0 bridgehead atoms. The van der Waals surface area contributed by atoms with Gasteiger partial charge >= 0.3 is 11.4 Å². The summed E-state index contributed by atoms with van der Waals surface area (Å²) in [5.74, 6) is -0.723. The SMILES string of the molecule is O=c1oc(=O)n(Cc2cscn2)c2ncccc12. The fourth-order valence-electron chi connectivity index (χ4n) is 1.66. The molecule has 0 saturated heterocycles. The van der Waals surface area contributed by atoms with Gasteiger partial charge in [-0.2, -0.15) is 0 Å². The number of fused-ring (bicyclic) bond motifs is 1. The minimum Gasteiger partial charge on any atom is -0.372 e. The van der Waals surface area contributed by atoms with Crippen LogP contribution < -0.4 is 11.4 Å². The Morgan fingerprint density at radius 1 is 1.33 bits per heavy atom. The first-order valence-electron chi connectivity index (χ1n) is 5.11. The van der Waals surface area contributed by atoms with Crippen molar-refractivity contribution in [3.8, 4) is 0 Å². The lowest BCUT2D eigenvalue weighted by Crippen LogP contribution is -2.26. The molecule has 0 aliphatic rings. The van der Waals surface area contributed by atoms with Crippen LogP contribution in [0.15, 0.2) is 43.2 Å². The van der Waals surface area contributed by atoms with Crippen LogP contribution in [0.2, 0.25) is 0 Å². The Bertz CT molecular complexity index is 804. The minimum absolute atomic E-state index is 0.236. The summed E-state index contributed by atoms with van der Waals surface area (Å²) < 4.78 is 5.96. The summed E-state index contributed by atoms with van der Waals surface area (Å²) in [4.78, 5) is 31.4. The molecule has 0 fully saturated rings. The molecule has 18 heavy (non-hydrogen) atoms. The van der Waals surface area contributed by atoms with Crippen molar-refractivity contribution in [2.75, 3.05) is 0 Å². The number of nitrogens with zero attached hydrogens (tertiary/aromatic N) is 3. The van der Waals surface area contributed by atoms with Gasteiger partial charge < -0.3 is 4.42 Å². The molecule has 90 valence electrons. The largest absolute Gasteiger partial charge is 0.423 e. The average Bonchev–Trinajstić information content (AvgIpc) is 2.87. The van der Waals surface area contributed by atoms with Crippen molar-refractivity contribution in [1.82, 2.24) is 14.5 Å². The van der Waals surface area contributed by atoms with E-state index in [0.717, 1.165) is 5.69 Å². The summed E-state index contributed by atoms with van der Waals surface area (Å²) in [6.45, 7) is 0.236. The topological polar surface area (TPSA) is 78.0 Å². The van der Waals surface area contributed by atoms with Gasteiger partial charge in [-0.25, -0.2) is 19.6 Å². The lowest BCUT2D eigenvalue weighted by atomic mass is 10.3. The van der Waals surface area contributed by atoms with Gasteiger partial charge in [-0.3, -0.25) is 4.57 Å². The highest BCUT2D eigenvalue weighted by Crippen LogP contribution is 2.07. The third-order valence-corrected chi connectivity index (χ3v) is 3.10. The Balaban J connectivity index is 2.28. The van der Waals surface area contributed by atoms with Crippen molar-refractivity contribution >= 4 is 22.4 Å². The number of thiazole rings is 1. The first-order valence-corrected chi connectivity index (χ1v) is 6.06. The number of hydrogen-bond acceptors (Lipinski definition) is 6. The molecule has 0 aromatic carbocycles. The maximum atomic E-state index is 11.7. The standard InChI is InChI=1S/C11H7N3O3S/c15-10-8-2-1-3-12-9(8)14(11(16)17-10)4-7-5-18-6-13-7/h1-3,5-6H,4H2. The number of aromatic nitrogens is 3. The van der Waals surface area contributed by atoms with E-state index in [9.17, 15) is 9.59 Å². The zero-order valence-electron chi connectivity index (χ0n) is 9.07. The zero-order valence-corrected chi connectivity index (χ0v) is 9.88. The second-order valence-electron chi connectivity index (χ2n) is 3.60. The average molecular weight is 261 g/mol. The molecule has 0 unspecified atom stereocenters. The summed E-state index contributed by atoms with van der Waals surface area (Å²) in [5, 5.41) is 2.11. The molecule has 6 nitrogen and oxygen atoms in total. The predicted molar refractivity (Wildman–Crippen MR) is 65.8 cm³/mol. The van der Waals surface area contributed by atoms with Crippen LogP contribution in [0.25, 0.3) is 11.0 Å². The van der Waals surface area contributed by atoms with Gasteiger partial charge in [-0.1, -0.05) is 0 Å². The van der Waals surface area contributed by atoms with Crippen LogP contribution in [0, 0.1) is 0 Å². The monoisotopic (exact) mass is 261 g/mol. The molecule has 0 saturated carbocycles. The van der Waals surface area contributed by atoms with E-state index in [1.807, 2.05) is 5.38 Å². The van der Waals surface area contributed by atoms with Crippen LogP contribution in [0.5, 0.6) is 0 Å². The molecule has 0 atom stereocenters. The van der Waals surface area contributed by atoms with Gasteiger partial charge in [0.2, 0.25) is 0 Å². The number of hydrogen-bond donors (Lipinski definition) is 0. The van der Waals surface area contributed by atoms with Crippen LogP contribution in [0.4, 0.5) is 0 Å². The summed E-state index contributed by atoms with van der Waals surface area (Å²) in [6, 6.07) is 3.20. The van der Waals surface area contributed by atoms with Crippen molar-refractivity contribution in [3.63, 3.8) is 0 Å². The third-order valence-electron chi connectivity index (χ3n) is 2.47. The van der Waals surface area contributed by atoms with Crippen LogP contribution in [0.3, 0.4) is 0 Å². The molecule has 0 aliphatic carbocycles. The fraction of sp³-hybridized carbons (Fsp3) is 0.0909. The van der Waals surface area contributed by atoms with E-state index in [1.54, 1.807) is 17.6 Å². The number of pyridine rings is 1. The van der Waals surface area contributed by atoms with Crippen LogP contribution in [0.1, 0.15) is 5.69 Å². The van der Waals surface area contributed by atoms with Crippen LogP contribution >= 0.6 is 11.3 Å². The van der Waals surface area contributed by atoms with E-state index < -0.39 is 11.4 Å². The van der Waals surface area contributed by atoms with E-state index >= 15 is 0 Å². The molecular weight excluding hydrogens is 254 g/mol. The second kappa shape index (κ2) is 4.19. The van der Waals surface area contributed by atoms with Gasteiger partial charge in [0.25, 0.3) is 0 Å². The maximum Gasteiger partial charge on any atom is 0.423 e. The quantitative estimate of drug-likeness (QED) is 0.683. The van der Waals surface area contributed by atoms with Gasteiger partial charge in [-0.05, 0) is 12.1 Å².